The summed E-state index contributed by atoms with van der Waals surface area (Å²) in [7, 11) is 3.12. The molecule has 0 saturated heterocycles. The number of nitrogens with one attached hydrogen (secondary N) is 1. The van der Waals surface area contributed by atoms with Crippen LogP contribution in [0.2, 0.25) is 0 Å². The highest BCUT2D eigenvalue weighted by Crippen LogP contribution is 2.18. The predicted molar refractivity (Wildman–Crippen MR) is 76.6 cm³/mol. The van der Waals surface area contributed by atoms with E-state index in [0.29, 0.717) is 12.5 Å². The summed E-state index contributed by atoms with van der Waals surface area (Å²) in [5, 5.41) is 2.62. The van der Waals surface area contributed by atoms with Crippen LogP contribution >= 0.6 is 0 Å². The van der Waals surface area contributed by atoms with Crippen LogP contribution in [0.1, 0.15) is 12.0 Å². The summed E-state index contributed by atoms with van der Waals surface area (Å²) in [6.07, 6.45) is -5.19. The van der Waals surface area contributed by atoms with Gasteiger partial charge in [-0.1, -0.05) is 12.1 Å². The lowest BCUT2D eigenvalue weighted by Gasteiger charge is -2.22. The Morgan fingerprint density at radius 3 is 2.35 bits per heavy atom. The standard InChI is InChI=1S/C14H18F5N3O/c1-20-13(21-8-7-14(17,18)19)22(2)9-10-3-5-11(6-4-10)23-12(15)16/h3-6,12H,7-9H2,1-2H3,(H,20,21). The van der Waals surface area contributed by atoms with E-state index in [0.717, 1.165) is 5.56 Å². The fourth-order valence-electron chi connectivity index (χ4n) is 1.83. The molecule has 4 nitrogen and oxygen atoms in total. The molecule has 23 heavy (non-hydrogen) atoms. The summed E-state index contributed by atoms with van der Waals surface area (Å²) >= 11 is 0. The predicted octanol–water partition coefficient (Wildman–Crippen LogP) is 3.25. The molecule has 9 heteroatoms. The molecule has 0 heterocycles. The summed E-state index contributed by atoms with van der Waals surface area (Å²) in [6, 6.07) is 5.98. The van der Waals surface area contributed by atoms with E-state index in [2.05, 4.69) is 15.0 Å². The summed E-state index contributed by atoms with van der Waals surface area (Å²) in [5.41, 5.74) is 0.771. The summed E-state index contributed by atoms with van der Waals surface area (Å²) in [4.78, 5) is 5.53. The zero-order valence-electron chi connectivity index (χ0n) is 12.7. The zero-order chi connectivity index (χ0) is 17.5. The molecular formula is C14H18F5N3O. The SMILES string of the molecule is CN=C(NCCC(F)(F)F)N(C)Cc1ccc(OC(F)F)cc1. The molecule has 0 unspecified atom stereocenters. The van der Waals surface area contributed by atoms with Crippen molar-refractivity contribution in [2.24, 2.45) is 4.99 Å². The van der Waals surface area contributed by atoms with Gasteiger partial charge in [0.2, 0.25) is 0 Å². The van der Waals surface area contributed by atoms with Crippen LogP contribution in [0.15, 0.2) is 29.3 Å². The van der Waals surface area contributed by atoms with Crippen molar-refractivity contribution >= 4 is 5.96 Å². The quantitative estimate of drug-likeness (QED) is 0.491. The second-order valence-corrected chi connectivity index (χ2v) is 4.72. The molecule has 0 aliphatic rings. The first kappa shape index (κ1) is 19.0. The van der Waals surface area contributed by atoms with Gasteiger partial charge in [0.25, 0.3) is 0 Å². The Morgan fingerprint density at radius 2 is 1.87 bits per heavy atom. The molecule has 1 aromatic carbocycles. The van der Waals surface area contributed by atoms with Crippen LogP contribution in [0.4, 0.5) is 22.0 Å². The van der Waals surface area contributed by atoms with Crippen LogP contribution in [0.25, 0.3) is 0 Å². The number of hydrogen-bond acceptors (Lipinski definition) is 2. The Balaban J connectivity index is 2.54. The minimum Gasteiger partial charge on any atom is -0.435 e. The van der Waals surface area contributed by atoms with Crippen molar-refractivity contribution in [2.45, 2.75) is 25.8 Å². The maximum absolute atomic E-state index is 12.1. The Labute approximate surface area is 130 Å². The molecule has 0 atom stereocenters. The smallest absolute Gasteiger partial charge is 0.390 e. The number of rotatable bonds is 6. The van der Waals surface area contributed by atoms with Gasteiger partial charge >= 0.3 is 12.8 Å². The van der Waals surface area contributed by atoms with Crippen LogP contribution in [0.5, 0.6) is 5.75 Å². The van der Waals surface area contributed by atoms with E-state index in [-0.39, 0.29) is 12.3 Å². The normalized spacial score (nSPS) is 12.4. The highest BCUT2D eigenvalue weighted by molar-refractivity contribution is 5.79. The molecule has 0 fully saturated rings. The number of aliphatic imine (C=N–C) groups is 1. The Kier molecular flexibility index (Phi) is 7.05. The molecule has 0 aromatic heterocycles. The third-order valence-corrected chi connectivity index (χ3v) is 2.83. The van der Waals surface area contributed by atoms with E-state index in [4.69, 9.17) is 0 Å². The highest BCUT2D eigenvalue weighted by Gasteiger charge is 2.26. The molecule has 0 amide bonds. The number of nitrogens with zero attached hydrogens (tertiary/aromatic N) is 2. The number of alkyl halides is 5. The van der Waals surface area contributed by atoms with E-state index < -0.39 is 19.2 Å². The van der Waals surface area contributed by atoms with Gasteiger partial charge in [-0.05, 0) is 17.7 Å². The molecule has 1 aromatic rings. The zero-order valence-corrected chi connectivity index (χ0v) is 12.7. The average Bonchev–Trinajstić information content (AvgIpc) is 2.44. The van der Waals surface area contributed by atoms with Crippen molar-refractivity contribution < 1.29 is 26.7 Å². The first-order chi connectivity index (χ1) is 10.7. The first-order valence-electron chi connectivity index (χ1n) is 6.73. The molecule has 0 saturated carbocycles. The van der Waals surface area contributed by atoms with Gasteiger partial charge in [0.05, 0.1) is 6.42 Å². The van der Waals surface area contributed by atoms with Gasteiger partial charge in [0, 0.05) is 27.2 Å². The van der Waals surface area contributed by atoms with E-state index in [1.807, 2.05) is 0 Å². The van der Waals surface area contributed by atoms with Crippen LogP contribution < -0.4 is 10.1 Å². The molecule has 0 spiro atoms. The molecule has 0 aliphatic heterocycles. The summed E-state index contributed by atoms with van der Waals surface area (Å²) in [5.74, 6) is 0.348. The summed E-state index contributed by atoms with van der Waals surface area (Å²) < 4.78 is 64.7. The number of guanidine groups is 1. The minimum atomic E-state index is -4.23. The number of halogens is 5. The van der Waals surface area contributed by atoms with Crippen molar-refractivity contribution in [3.05, 3.63) is 29.8 Å². The number of hydrogen-bond donors (Lipinski definition) is 1. The first-order valence-corrected chi connectivity index (χ1v) is 6.73. The fourth-order valence-corrected chi connectivity index (χ4v) is 1.83. The second-order valence-electron chi connectivity index (χ2n) is 4.72. The van der Waals surface area contributed by atoms with Crippen molar-refractivity contribution in [3.8, 4) is 5.75 Å². The topological polar surface area (TPSA) is 36.9 Å². The molecule has 0 radical (unpaired) electrons. The molecular weight excluding hydrogens is 321 g/mol. The van der Waals surface area contributed by atoms with Gasteiger partial charge in [-0.25, -0.2) is 0 Å². The van der Waals surface area contributed by atoms with Gasteiger partial charge in [-0.2, -0.15) is 22.0 Å². The second kappa shape index (κ2) is 8.54. The van der Waals surface area contributed by atoms with E-state index in [1.54, 1.807) is 24.1 Å². The number of benzene rings is 1. The van der Waals surface area contributed by atoms with Crippen LogP contribution in [-0.4, -0.2) is 44.3 Å². The highest BCUT2D eigenvalue weighted by atomic mass is 19.4. The Morgan fingerprint density at radius 1 is 1.26 bits per heavy atom. The van der Waals surface area contributed by atoms with Gasteiger partial charge in [-0.15, -0.1) is 0 Å². The third-order valence-electron chi connectivity index (χ3n) is 2.83. The van der Waals surface area contributed by atoms with Gasteiger partial charge < -0.3 is 15.0 Å². The van der Waals surface area contributed by atoms with E-state index >= 15 is 0 Å². The maximum Gasteiger partial charge on any atom is 0.390 e. The van der Waals surface area contributed by atoms with Crippen molar-refractivity contribution in [3.63, 3.8) is 0 Å². The Hall–Kier alpha value is -2.06. The molecule has 1 N–H and O–H groups in total. The monoisotopic (exact) mass is 339 g/mol. The molecule has 0 bridgehead atoms. The molecule has 1 rings (SSSR count). The summed E-state index contributed by atoms with van der Waals surface area (Å²) in [6.45, 7) is -2.82. The molecule has 0 aliphatic carbocycles. The lowest BCUT2D eigenvalue weighted by Crippen LogP contribution is -2.39. The van der Waals surface area contributed by atoms with Crippen molar-refractivity contribution in [1.29, 1.82) is 0 Å². The number of ether oxygens (including phenoxy) is 1. The van der Waals surface area contributed by atoms with Gasteiger partial charge in [-0.3, -0.25) is 4.99 Å². The van der Waals surface area contributed by atoms with Crippen molar-refractivity contribution in [2.75, 3.05) is 20.6 Å². The van der Waals surface area contributed by atoms with Crippen LogP contribution in [-0.2, 0) is 6.54 Å². The maximum atomic E-state index is 12.1. The molecule has 130 valence electrons. The lowest BCUT2D eigenvalue weighted by atomic mass is 10.2. The lowest BCUT2D eigenvalue weighted by molar-refractivity contribution is -0.132. The average molecular weight is 339 g/mol. The van der Waals surface area contributed by atoms with E-state index in [9.17, 15) is 22.0 Å². The van der Waals surface area contributed by atoms with Crippen molar-refractivity contribution in [1.82, 2.24) is 10.2 Å². The van der Waals surface area contributed by atoms with Gasteiger partial charge in [0.1, 0.15) is 5.75 Å². The van der Waals surface area contributed by atoms with Crippen LogP contribution in [0, 0.1) is 0 Å². The third kappa shape index (κ3) is 7.66. The van der Waals surface area contributed by atoms with Gasteiger partial charge in [0.15, 0.2) is 5.96 Å². The Bertz CT molecular complexity index is 502. The largest absolute Gasteiger partial charge is 0.435 e. The van der Waals surface area contributed by atoms with E-state index in [1.165, 1.54) is 19.2 Å². The van der Waals surface area contributed by atoms with Crippen LogP contribution in [0.3, 0.4) is 0 Å². The fraction of sp³-hybridized carbons (Fsp3) is 0.500. The minimum absolute atomic E-state index is 0.0408.